The average molecular weight is 392 g/mol. The van der Waals surface area contributed by atoms with Crippen molar-refractivity contribution < 1.29 is 26.7 Å². The average Bonchev–Trinajstić information content (AvgIpc) is 2.66. The number of benzene rings is 2. The zero-order chi connectivity index (χ0) is 20.3. The largest absolute Gasteiger partial charge is 0.416 e. The normalized spacial score (nSPS) is 12.5. The summed E-state index contributed by atoms with van der Waals surface area (Å²) in [4.78, 5) is 16.4. The number of hydrogen-bond donors (Lipinski definition) is 1. The van der Waals surface area contributed by atoms with Gasteiger partial charge < -0.3 is 5.32 Å². The van der Waals surface area contributed by atoms with Gasteiger partial charge in [-0.1, -0.05) is 18.2 Å². The Balaban J connectivity index is 1.99. The van der Waals surface area contributed by atoms with Gasteiger partial charge >= 0.3 is 6.18 Å². The molecule has 0 aliphatic rings. The van der Waals surface area contributed by atoms with Crippen LogP contribution in [-0.2, 0) is 6.18 Å². The van der Waals surface area contributed by atoms with E-state index in [9.17, 15) is 26.7 Å². The standard InChI is InChI=1S/C20H13F5N2O/c21-15-4-1-3-13(11-15)19(28)27-17(18-16(22)5-2-10-26-18)12-6-8-14(9-7-12)20(23,24)25/h1-11,17H,(H,27,28). The number of carbonyl (C=O) groups excluding carboxylic acids is 1. The number of halogens is 5. The molecule has 1 aromatic heterocycles. The fraction of sp³-hybridized carbons (Fsp3) is 0.100. The maximum absolute atomic E-state index is 14.3. The molecule has 144 valence electrons. The van der Waals surface area contributed by atoms with Gasteiger partial charge in [-0.3, -0.25) is 9.78 Å². The van der Waals surface area contributed by atoms with Crippen LogP contribution in [0.4, 0.5) is 22.0 Å². The lowest BCUT2D eigenvalue weighted by molar-refractivity contribution is -0.137. The highest BCUT2D eigenvalue weighted by molar-refractivity contribution is 5.94. The molecule has 0 spiro atoms. The third-order valence-electron chi connectivity index (χ3n) is 3.99. The molecule has 1 unspecified atom stereocenters. The van der Waals surface area contributed by atoms with Crippen molar-refractivity contribution in [3.63, 3.8) is 0 Å². The molecule has 1 amide bonds. The van der Waals surface area contributed by atoms with Crippen LogP contribution < -0.4 is 5.32 Å². The molecule has 3 aromatic rings. The van der Waals surface area contributed by atoms with Crippen molar-refractivity contribution in [1.29, 1.82) is 0 Å². The number of amides is 1. The molecule has 0 radical (unpaired) electrons. The van der Waals surface area contributed by atoms with Gasteiger partial charge in [0.05, 0.1) is 11.6 Å². The number of rotatable bonds is 4. The lowest BCUT2D eigenvalue weighted by Crippen LogP contribution is -2.30. The van der Waals surface area contributed by atoms with Gasteiger partial charge in [0.15, 0.2) is 0 Å². The highest BCUT2D eigenvalue weighted by atomic mass is 19.4. The number of alkyl halides is 3. The van der Waals surface area contributed by atoms with Crippen LogP contribution in [0, 0.1) is 11.6 Å². The molecule has 28 heavy (non-hydrogen) atoms. The van der Waals surface area contributed by atoms with E-state index in [1.165, 1.54) is 24.4 Å². The minimum absolute atomic E-state index is 0.0201. The second-order valence-corrected chi connectivity index (χ2v) is 5.91. The lowest BCUT2D eigenvalue weighted by Gasteiger charge is -2.20. The van der Waals surface area contributed by atoms with E-state index in [0.29, 0.717) is 0 Å². The first-order chi connectivity index (χ1) is 13.3. The van der Waals surface area contributed by atoms with Crippen LogP contribution >= 0.6 is 0 Å². The van der Waals surface area contributed by atoms with Crippen molar-refractivity contribution in [3.05, 3.63) is 101 Å². The van der Waals surface area contributed by atoms with E-state index in [0.717, 1.165) is 42.5 Å². The topological polar surface area (TPSA) is 42.0 Å². The van der Waals surface area contributed by atoms with Crippen molar-refractivity contribution >= 4 is 5.91 Å². The van der Waals surface area contributed by atoms with Crippen LogP contribution in [-0.4, -0.2) is 10.9 Å². The van der Waals surface area contributed by atoms with Gasteiger partial charge in [-0.2, -0.15) is 13.2 Å². The van der Waals surface area contributed by atoms with Gasteiger partial charge in [0.25, 0.3) is 5.91 Å². The molecule has 0 aliphatic heterocycles. The summed E-state index contributed by atoms with van der Waals surface area (Å²) in [5, 5.41) is 2.50. The predicted octanol–water partition coefficient (Wildman–Crippen LogP) is 4.90. The zero-order valence-electron chi connectivity index (χ0n) is 14.2. The summed E-state index contributed by atoms with van der Waals surface area (Å²) in [5.41, 5.74) is -0.886. The zero-order valence-corrected chi connectivity index (χ0v) is 14.2. The van der Waals surface area contributed by atoms with E-state index in [-0.39, 0.29) is 16.8 Å². The molecule has 0 saturated heterocycles. The molecule has 2 aromatic carbocycles. The van der Waals surface area contributed by atoms with Gasteiger partial charge in [-0.05, 0) is 48.0 Å². The molecule has 1 heterocycles. The number of hydrogen-bond acceptors (Lipinski definition) is 2. The first-order valence-corrected chi connectivity index (χ1v) is 8.09. The van der Waals surface area contributed by atoms with Gasteiger partial charge in [0, 0.05) is 11.8 Å². The molecule has 0 aliphatic carbocycles. The number of aromatic nitrogens is 1. The van der Waals surface area contributed by atoms with E-state index in [1.807, 2.05) is 0 Å². The first-order valence-electron chi connectivity index (χ1n) is 8.09. The molecule has 1 atom stereocenters. The summed E-state index contributed by atoms with van der Waals surface area (Å²) in [7, 11) is 0. The van der Waals surface area contributed by atoms with Gasteiger partial charge in [0.1, 0.15) is 17.3 Å². The SMILES string of the molecule is O=C(NC(c1ccc(C(F)(F)F)cc1)c1ncccc1F)c1cccc(F)c1. The number of pyridine rings is 1. The van der Waals surface area contributed by atoms with Crippen LogP contribution in [0.2, 0.25) is 0 Å². The Bertz CT molecular complexity index is 986. The molecule has 3 rings (SSSR count). The predicted molar refractivity (Wildman–Crippen MR) is 91.3 cm³/mol. The number of carbonyl (C=O) groups is 1. The minimum atomic E-state index is -4.53. The highest BCUT2D eigenvalue weighted by Crippen LogP contribution is 2.31. The van der Waals surface area contributed by atoms with Gasteiger partial charge in [-0.15, -0.1) is 0 Å². The van der Waals surface area contributed by atoms with E-state index in [2.05, 4.69) is 10.3 Å². The summed E-state index contributed by atoms with van der Waals surface area (Å²) in [6.45, 7) is 0. The number of nitrogens with zero attached hydrogens (tertiary/aromatic N) is 1. The molecular formula is C20H13F5N2O. The van der Waals surface area contributed by atoms with Crippen molar-refractivity contribution in [2.75, 3.05) is 0 Å². The summed E-state index contributed by atoms with van der Waals surface area (Å²) < 4.78 is 66.0. The van der Waals surface area contributed by atoms with Crippen molar-refractivity contribution in [2.24, 2.45) is 0 Å². The van der Waals surface area contributed by atoms with Gasteiger partial charge in [0.2, 0.25) is 0 Å². The maximum Gasteiger partial charge on any atom is 0.416 e. The summed E-state index contributed by atoms with van der Waals surface area (Å²) in [6, 6.07) is 10.1. The Hall–Kier alpha value is -3.29. The minimum Gasteiger partial charge on any atom is -0.339 e. The quantitative estimate of drug-likeness (QED) is 0.642. The van der Waals surface area contributed by atoms with Crippen LogP contribution in [0.5, 0.6) is 0 Å². The first kappa shape index (κ1) is 19.5. The Morgan fingerprint density at radius 1 is 0.964 bits per heavy atom. The Morgan fingerprint density at radius 3 is 2.29 bits per heavy atom. The van der Waals surface area contributed by atoms with E-state index in [1.54, 1.807) is 0 Å². The third kappa shape index (κ3) is 4.33. The smallest absolute Gasteiger partial charge is 0.339 e. The molecule has 0 saturated carbocycles. The molecule has 0 fully saturated rings. The van der Waals surface area contributed by atoms with Crippen LogP contribution in [0.3, 0.4) is 0 Å². The monoisotopic (exact) mass is 392 g/mol. The van der Waals surface area contributed by atoms with Crippen molar-refractivity contribution in [2.45, 2.75) is 12.2 Å². The Kier molecular flexibility index (Phi) is 5.39. The van der Waals surface area contributed by atoms with Crippen molar-refractivity contribution in [1.82, 2.24) is 10.3 Å². The third-order valence-corrected chi connectivity index (χ3v) is 3.99. The van der Waals surface area contributed by atoms with E-state index >= 15 is 0 Å². The van der Waals surface area contributed by atoms with E-state index in [4.69, 9.17) is 0 Å². The van der Waals surface area contributed by atoms with E-state index < -0.39 is 35.3 Å². The van der Waals surface area contributed by atoms with Crippen LogP contribution in [0.15, 0.2) is 66.9 Å². The Labute approximate surface area is 156 Å². The summed E-state index contributed by atoms with van der Waals surface area (Å²) >= 11 is 0. The molecular weight excluding hydrogens is 379 g/mol. The summed E-state index contributed by atoms with van der Waals surface area (Å²) in [5.74, 6) is -2.11. The lowest BCUT2D eigenvalue weighted by atomic mass is 10.00. The fourth-order valence-corrected chi connectivity index (χ4v) is 2.63. The second kappa shape index (κ2) is 7.75. The Morgan fingerprint density at radius 2 is 1.68 bits per heavy atom. The van der Waals surface area contributed by atoms with Gasteiger partial charge in [-0.25, -0.2) is 8.78 Å². The number of nitrogens with one attached hydrogen (secondary N) is 1. The fourth-order valence-electron chi connectivity index (χ4n) is 2.63. The maximum atomic E-state index is 14.3. The van der Waals surface area contributed by atoms with Crippen LogP contribution in [0.25, 0.3) is 0 Å². The second-order valence-electron chi connectivity index (χ2n) is 5.91. The van der Waals surface area contributed by atoms with Crippen LogP contribution in [0.1, 0.15) is 33.2 Å². The molecule has 0 bridgehead atoms. The molecule has 1 N–H and O–H groups in total. The molecule has 3 nitrogen and oxygen atoms in total. The highest BCUT2D eigenvalue weighted by Gasteiger charge is 2.31. The summed E-state index contributed by atoms with van der Waals surface area (Å²) in [6.07, 6.45) is -3.24. The van der Waals surface area contributed by atoms with Crippen molar-refractivity contribution in [3.8, 4) is 0 Å². The molecule has 8 heteroatoms.